The minimum absolute atomic E-state index is 0.152. The van der Waals surface area contributed by atoms with Crippen LogP contribution in [0, 0.1) is 29.4 Å². The van der Waals surface area contributed by atoms with Crippen LogP contribution in [0.2, 0.25) is 0 Å². The van der Waals surface area contributed by atoms with E-state index in [-0.39, 0.29) is 5.75 Å². The van der Waals surface area contributed by atoms with Crippen molar-refractivity contribution in [1.29, 1.82) is 0 Å². The van der Waals surface area contributed by atoms with Gasteiger partial charge in [-0.3, -0.25) is 0 Å². The molecule has 4 heteroatoms. The van der Waals surface area contributed by atoms with E-state index in [1.165, 1.54) is 12.1 Å². The molecule has 1 aliphatic carbocycles. The molecule has 0 amide bonds. The molecular weight excluding hydrogens is 212 g/mol. The molecule has 0 bridgehead atoms. The lowest BCUT2D eigenvalue weighted by Crippen LogP contribution is -2.17. The zero-order chi connectivity index (χ0) is 11.1. The molecule has 2 unspecified atom stereocenters. The fraction of sp³-hybridized carbons (Fsp3) is 0.500. The van der Waals surface area contributed by atoms with Crippen molar-refractivity contribution in [2.24, 2.45) is 17.8 Å². The minimum atomic E-state index is -0.621. The van der Waals surface area contributed by atoms with E-state index in [0.717, 1.165) is 19.2 Å². The van der Waals surface area contributed by atoms with Crippen LogP contribution in [0.5, 0.6) is 5.75 Å². The van der Waals surface area contributed by atoms with Crippen LogP contribution in [0.4, 0.5) is 8.78 Å². The van der Waals surface area contributed by atoms with E-state index in [2.05, 4.69) is 5.32 Å². The summed E-state index contributed by atoms with van der Waals surface area (Å²) in [7, 11) is 0. The first kappa shape index (κ1) is 10.0. The standard InChI is InChI=1S/C12H13F2NO/c13-7-1-2-12(11(14)3-7)16-6-10-8-4-15-5-9(8)10/h1-3,8-10,15H,4-6H2. The molecule has 2 atom stereocenters. The maximum Gasteiger partial charge on any atom is 0.167 e. The van der Waals surface area contributed by atoms with Crippen molar-refractivity contribution in [3.8, 4) is 5.75 Å². The van der Waals surface area contributed by atoms with E-state index < -0.39 is 11.6 Å². The fourth-order valence-electron chi connectivity index (χ4n) is 2.57. The Hall–Kier alpha value is -1.16. The predicted molar refractivity (Wildman–Crippen MR) is 55.2 cm³/mol. The molecule has 2 aliphatic rings. The number of halogens is 2. The number of piperidine rings is 1. The van der Waals surface area contributed by atoms with Crippen molar-refractivity contribution in [2.75, 3.05) is 19.7 Å². The van der Waals surface area contributed by atoms with E-state index >= 15 is 0 Å². The van der Waals surface area contributed by atoms with E-state index in [1.807, 2.05) is 0 Å². The summed E-state index contributed by atoms with van der Waals surface area (Å²) in [5.41, 5.74) is 0. The van der Waals surface area contributed by atoms with Gasteiger partial charge in [-0.1, -0.05) is 0 Å². The van der Waals surface area contributed by atoms with Crippen molar-refractivity contribution < 1.29 is 13.5 Å². The first-order chi connectivity index (χ1) is 7.75. The van der Waals surface area contributed by atoms with Crippen LogP contribution in [0.15, 0.2) is 18.2 Å². The molecule has 86 valence electrons. The third kappa shape index (κ3) is 1.67. The fourth-order valence-corrected chi connectivity index (χ4v) is 2.57. The van der Waals surface area contributed by atoms with Crippen molar-refractivity contribution in [3.63, 3.8) is 0 Å². The highest BCUT2D eigenvalue weighted by Crippen LogP contribution is 2.48. The second kappa shape index (κ2) is 3.70. The molecule has 16 heavy (non-hydrogen) atoms. The van der Waals surface area contributed by atoms with E-state index in [0.29, 0.717) is 24.4 Å². The Balaban J connectivity index is 1.59. The molecule has 1 heterocycles. The first-order valence-electron chi connectivity index (χ1n) is 5.54. The normalized spacial score (nSPS) is 31.2. The molecule has 1 N–H and O–H groups in total. The molecular formula is C12H13F2NO. The lowest BCUT2D eigenvalue weighted by Gasteiger charge is -2.08. The van der Waals surface area contributed by atoms with Gasteiger partial charge in [0.05, 0.1) is 6.61 Å². The lowest BCUT2D eigenvalue weighted by atomic mass is 10.3. The van der Waals surface area contributed by atoms with Crippen LogP contribution in [0.1, 0.15) is 0 Å². The summed E-state index contributed by atoms with van der Waals surface area (Å²) in [5.74, 6) is 0.901. The largest absolute Gasteiger partial charge is 0.490 e. The third-order valence-electron chi connectivity index (χ3n) is 3.59. The van der Waals surface area contributed by atoms with Crippen LogP contribution in [0.3, 0.4) is 0 Å². The third-order valence-corrected chi connectivity index (χ3v) is 3.59. The number of rotatable bonds is 3. The molecule has 3 rings (SSSR count). The topological polar surface area (TPSA) is 21.3 Å². The van der Waals surface area contributed by atoms with Crippen LogP contribution in [-0.4, -0.2) is 19.7 Å². The minimum Gasteiger partial charge on any atom is -0.490 e. The SMILES string of the molecule is Fc1ccc(OCC2C3CNCC32)c(F)c1. The van der Waals surface area contributed by atoms with Gasteiger partial charge in [-0.25, -0.2) is 8.78 Å². The number of hydrogen-bond acceptors (Lipinski definition) is 2. The highest BCUT2D eigenvalue weighted by Gasteiger charge is 2.53. The Morgan fingerprint density at radius 2 is 2.00 bits per heavy atom. The second-order valence-corrected chi connectivity index (χ2v) is 4.54. The smallest absolute Gasteiger partial charge is 0.167 e. The Labute approximate surface area is 92.6 Å². The Bertz CT molecular complexity index is 400. The van der Waals surface area contributed by atoms with E-state index in [9.17, 15) is 8.78 Å². The molecule has 0 radical (unpaired) electrons. The monoisotopic (exact) mass is 225 g/mol. The van der Waals surface area contributed by atoms with Gasteiger partial charge in [0.1, 0.15) is 5.82 Å². The molecule has 1 aliphatic heterocycles. The molecule has 1 aromatic carbocycles. The zero-order valence-electron chi connectivity index (χ0n) is 8.75. The summed E-state index contributed by atoms with van der Waals surface area (Å²) in [6.45, 7) is 2.63. The number of hydrogen-bond donors (Lipinski definition) is 1. The summed E-state index contributed by atoms with van der Waals surface area (Å²) in [4.78, 5) is 0. The number of ether oxygens (including phenoxy) is 1. The summed E-state index contributed by atoms with van der Waals surface area (Å²) in [6, 6.07) is 3.42. The first-order valence-corrected chi connectivity index (χ1v) is 5.54. The van der Waals surface area contributed by atoms with Gasteiger partial charge in [0.25, 0.3) is 0 Å². The Morgan fingerprint density at radius 1 is 1.25 bits per heavy atom. The Morgan fingerprint density at radius 3 is 2.69 bits per heavy atom. The average Bonchev–Trinajstić information content (AvgIpc) is 2.71. The molecule has 2 fully saturated rings. The van der Waals surface area contributed by atoms with Gasteiger partial charge < -0.3 is 10.1 Å². The maximum absolute atomic E-state index is 13.2. The summed E-state index contributed by atoms with van der Waals surface area (Å²) in [6.07, 6.45) is 0. The van der Waals surface area contributed by atoms with Gasteiger partial charge in [0.15, 0.2) is 11.6 Å². The van der Waals surface area contributed by atoms with Crippen molar-refractivity contribution in [1.82, 2.24) is 5.32 Å². The average molecular weight is 225 g/mol. The van der Waals surface area contributed by atoms with Gasteiger partial charge in [0, 0.05) is 12.0 Å². The van der Waals surface area contributed by atoms with Gasteiger partial charge in [0.2, 0.25) is 0 Å². The lowest BCUT2D eigenvalue weighted by molar-refractivity contribution is 0.267. The summed E-state index contributed by atoms with van der Waals surface area (Å²) < 4.78 is 31.3. The molecule has 1 aromatic rings. The van der Waals surface area contributed by atoms with Crippen molar-refractivity contribution in [2.45, 2.75) is 0 Å². The molecule has 1 saturated heterocycles. The zero-order valence-corrected chi connectivity index (χ0v) is 8.75. The number of nitrogens with one attached hydrogen (secondary N) is 1. The maximum atomic E-state index is 13.2. The summed E-state index contributed by atoms with van der Waals surface area (Å²) >= 11 is 0. The number of fused-ring (bicyclic) bond motifs is 1. The van der Waals surface area contributed by atoms with Gasteiger partial charge in [-0.2, -0.15) is 0 Å². The Kier molecular flexibility index (Phi) is 2.32. The highest BCUT2D eigenvalue weighted by molar-refractivity contribution is 5.24. The summed E-state index contributed by atoms with van der Waals surface area (Å²) in [5, 5.41) is 3.29. The van der Waals surface area contributed by atoms with Gasteiger partial charge in [-0.05, 0) is 37.1 Å². The molecule has 0 aromatic heterocycles. The van der Waals surface area contributed by atoms with Crippen molar-refractivity contribution >= 4 is 0 Å². The van der Waals surface area contributed by atoms with Crippen LogP contribution in [-0.2, 0) is 0 Å². The predicted octanol–water partition coefficient (Wildman–Crippen LogP) is 1.81. The highest BCUT2D eigenvalue weighted by atomic mass is 19.1. The van der Waals surface area contributed by atoms with Crippen LogP contribution in [0.25, 0.3) is 0 Å². The quantitative estimate of drug-likeness (QED) is 0.847. The number of benzene rings is 1. The van der Waals surface area contributed by atoms with Gasteiger partial charge in [-0.15, -0.1) is 0 Å². The van der Waals surface area contributed by atoms with Crippen molar-refractivity contribution in [3.05, 3.63) is 29.8 Å². The van der Waals surface area contributed by atoms with Crippen LogP contribution >= 0.6 is 0 Å². The molecule has 0 spiro atoms. The second-order valence-electron chi connectivity index (χ2n) is 4.54. The van der Waals surface area contributed by atoms with E-state index in [1.54, 1.807) is 0 Å². The van der Waals surface area contributed by atoms with E-state index in [4.69, 9.17) is 4.74 Å². The molecule has 2 nitrogen and oxygen atoms in total. The molecule has 1 saturated carbocycles. The van der Waals surface area contributed by atoms with Gasteiger partial charge >= 0.3 is 0 Å². The van der Waals surface area contributed by atoms with Crippen LogP contribution < -0.4 is 10.1 Å².